The normalized spacial score (nSPS) is 33.2. The first-order valence-corrected chi connectivity index (χ1v) is 9.44. The Hall–Kier alpha value is -0.900. The van der Waals surface area contributed by atoms with E-state index in [-0.39, 0.29) is 0 Å². The molecule has 2 N–H and O–H groups in total. The maximum absolute atomic E-state index is 10.6. The average molecular weight is 314 g/mol. The van der Waals surface area contributed by atoms with E-state index < -0.39 is 5.60 Å². The lowest BCUT2D eigenvalue weighted by atomic mass is 9.96. The first-order valence-electron chi connectivity index (χ1n) is 9.44. The van der Waals surface area contributed by atoms with Gasteiger partial charge in [0.2, 0.25) is 0 Å². The standard InChI is InChI=1S/C20H30N2O/c23-20(10-4-5-11-20)15-21-19-9-8-17-13-22(14-18(17)19)12-16-6-2-1-3-7-16/h1-3,6-7,17-19,21,23H,4-5,8-15H2. The van der Waals surface area contributed by atoms with Crippen LogP contribution in [0.3, 0.4) is 0 Å². The molecule has 0 radical (unpaired) electrons. The third-order valence-corrected chi connectivity index (χ3v) is 6.41. The number of aliphatic hydroxyl groups is 1. The van der Waals surface area contributed by atoms with E-state index in [9.17, 15) is 5.11 Å². The Bertz CT molecular complexity index is 512. The van der Waals surface area contributed by atoms with Gasteiger partial charge in [-0.05, 0) is 43.1 Å². The van der Waals surface area contributed by atoms with E-state index in [2.05, 4.69) is 40.5 Å². The summed E-state index contributed by atoms with van der Waals surface area (Å²) in [5.41, 5.74) is 1.01. The van der Waals surface area contributed by atoms with Gasteiger partial charge in [0.15, 0.2) is 0 Å². The van der Waals surface area contributed by atoms with Crippen LogP contribution in [0.2, 0.25) is 0 Å². The van der Waals surface area contributed by atoms with Crippen molar-refractivity contribution in [3.8, 4) is 0 Å². The number of hydrogen-bond acceptors (Lipinski definition) is 3. The minimum atomic E-state index is -0.416. The number of fused-ring (bicyclic) bond motifs is 1. The van der Waals surface area contributed by atoms with Crippen molar-refractivity contribution in [1.29, 1.82) is 0 Å². The number of benzene rings is 1. The number of nitrogens with one attached hydrogen (secondary N) is 1. The molecule has 1 aromatic carbocycles. The third kappa shape index (κ3) is 3.47. The molecule has 126 valence electrons. The Kier molecular flexibility index (Phi) is 4.44. The molecule has 1 saturated heterocycles. The Balaban J connectivity index is 1.31. The predicted octanol–water partition coefficient (Wildman–Crippen LogP) is 2.79. The van der Waals surface area contributed by atoms with E-state index in [4.69, 9.17) is 0 Å². The van der Waals surface area contributed by atoms with Crippen LogP contribution in [-0.2, 0) is 6.54 Å². The number of hydrogen-bond donors (Lipinski definition) is 2. The minimum Gasteiger partial charge on any atom is -0.389 e. The topological polar surface area (TPSA) is 35.5 Å². The molecule has 23 heavy (non-hydrogen) atoms. The molecule has 3 heteroatoms. The first-order chi connectivity index (χ1) is 11.2. The first kappa shape index (κ1) is 15.6. The molecule has 3 aliphatic rings. The highest BCUT2D eigenvalue weighted by Crippen LogP contribution is 2.39. The SMILES string of the molecule is OC1(CNC2CCC3CN(Cc4ccccc4)CC32)CCCC1. The smallest absolute Gasteiger partial charge is 0.0771 e. The highest BCUT2D eigenvalue weighted by atomic mass is 16.3. The van der Waals surface area contributed by atoms with Crippen molar-refractivity contribution >= 4 is 0 Å². The monoisotopic (exact) mass is 314 g/mol. The summed E-state index contributed by atoms with van der Waals surface area (Å²) in [6, 6.07) is 11.5. The maximum Gasteiger partial charge on any atom is 0.0771 e. The molecule has 0 bridgehead atoms. The van der Waals surface area contributed by atoms with E-state index in [1.807, 2.05) is 0 Å². The van der Waals surface area contributed by atoms with Crippen LogP contribution in [0.25, 0.3) is 0 Å². The fourth-order valence-electron chi connectivity index (χ4n) is 5.11. The van der Waals surface area contributed by atoms with Crippen LogP contribution in [0, 0.1) is 11.8 Å². The zero-order chi connectivity index (χ0) is 15.7. The van der Waals surface area contributed by atoms with Crippen molar-refractivity contribution in [2.24, 2.45) is 11.8 Å². The minimum absolute atomic E-state index is 0.416. The molecule has 3 nitrogen and oxygen atoms in total. The van der Waals surface area contributed by atoms with Gasteiger partial charge in [0, 0.05) is 32.2 Å². The molecule has 2 aliphatic carbocycles. The maximum atomic E-state index is 10.6. The summed E-state index contributed by atoms with van der Waals surface area (Å²) < 4.78 is 0. The lowest BCUT2D eigenvalue weighted by Gasteiger charge is -2.28. The summed E-state index contributed by atoms with van der Waals surface area (Å²) in [7, 11) is 0. The van der Waals surface area contributed by atoms with E-state index in [1.165, 1.54) is 44.3 Å². The molecule has 4 rings (SSSR count). The second-order valence-electron chi connectivity index (χ2n) is 8.10. The van der Waals surface area contributed by atoms with Gasteiger partial charge in [0.25, 0.3) is 0 Å². The van der Waals surface area contributed by atoms with Crippen LogP contribution in [0.4, 0.5) is 0 Å². The largest absolute Gasteiger partial charge is 0.389 e. The zero-order valence-corrected chi connectivity index (χ0v) is 14.1. The molecular weight excluding hydrogens is 284 g/mol. The van der Waals surface area contributed by atoms with Gasteiger partial charge in [-0.2, -0.15) is 0 Å². The van der Waals surface area contributed by atoms with Gasteiger partial charge in [0.1, 0.15) is 0 Å². The van der Waals surface area contributed by atoms with E-state index >= 15 is 0 Å². The Morgan fingerprint density at radius 3 is 2.65 bits per heavy atom. The van der Waals surface area contributed by atoms with Gasteiger partial charge >= 0.3 is 0 Å². The van der Waals surface area contributed by atoms with Crippen molar-refractivity contribution < 1.29 is 5.11 Å². The van der Waals surface area contributed by atoms with Crippen molar-refractivity contribution in [2.75, 3.05) is 19.6 Å². The van der Waals surface area contributed by atoms with Crippen LogP contribution < -0.4 is 5.32 Å². The van der Waals surface area contributed by atoms with Crippen molar-refractivity contribution in [2.45, 2.75) is 56.7 Å². The molecule has 3 fully saturated rings. The van der Waals surface area contributed by atoms with Gasteiger partial charge in [-0.25, -0.2) is 0 Å². The molecule has 3 unspecified atom stereocenters. The summed E-state index contributed by atoms with van der Waals surface area (Å²) in [6.07, 6.45) is 7.01. The van der Waals surface area contributed by atoms with E-state index in [1.54, 1.807) is 0 Å². The van der Waals surface area contributed by atoms with Gasteiger partial charge in [0.05, 0.1) is 5.60 Å². The van der Waals surface area contributed by atoms with Crippen LogP contribution >= 0.6 is 0 Å². The molecule has 1 aliphatic heterocycles. The Morgan fingerprint density at radius 1 is 1.09 bits per heavy atom. The second kappa shape index (κ2) is 6.54. The molecule has 1 aromatic rings. The Morgan fingerprint density at radius 2 is 1.87 bits per heavy atom. The lowest BCUT2D eigenvalue weighted by Crippen LogP contribution is -2.45. The highest BCUT2D eigenvalue weighted by molar-refractivity contribution is 5.15. The van der Waals surface area contributed by atoms with Gasteiger partial charge in [-0.3, -0.25) is 4.90 Å². The van der Waals surface area contributed by atoms with Crippen molar-refractivity contribution in [3.05, 3.63) is 35.9 Å². The van der Waals surface area contributed by atoms with Gasteiger partial charge in [-0.15, -0.1) is 0 Å². The summed E-state index contributed by atoms with van der Waals surface area (Å²) in [5, 5.41) is 14.3. The molecule has 0 aromatic heterocycles. The average Bonchev–Trinajstić information content (AvgIpc) is 3.23. The van der Waals surface area contributed by atoms with Gasteiger partial charge < -0.3 is 10.4 Å². The van der Waals surface area contributed by atoms with E-state index in [0.29, 0.717) is 6.04 Å². The summed E-state index contributed by atoms with van der Waals surface area (Å²) in [6.45, 7) is 4.36. The molecule has 0 amide bonds. The van der Waals surface area contributed by atoms with Crippen LogP contribution in [0.5, 0.6) is 0 Å². The van der Waals surface area contributed by atoms with Crippen LogP contribution in [-0.4, -0.2) is 41.3 Å². The molecule has 3 atom stereocenters. The summed E-state index contributed by atoms with van der Waals surface area (Å²) in [5.74, 6) is 1.64. The van der Waals surface area contributed by atoms with Crippen LogP contribution in [0.15, 0.2) is 30.3 Å². The molecule has 1 heterocycles. The fourth-order valence-corrected chi connectivity index (χ4v) is 5.11. The predicted molar refractivity (Wildman–Crippen MR) is 93.1 cm³/mol. The van der Waals surface area contributed by atoms with Crippen molar-refractivity contribution in [1.82, 2.24) is 10.2 Å². The molecule has 2 saturated carbocycles. The highest BCUT2D eigenvalue weighted by Gasteiger charge is 2.43. The third-order valence-electron chi connectivity index (χ3n) is 6.41. The summed E-state index contributed by atoms with van der Waals surface area (Å²) >= 11 is 0. The molecule has 0 spiro atoms. The second-order valence-corrected chi connectivity index (χ2v) is 8.10. The summed E-state index contributed by atoms with van der Waals surface area (Å²) in [4.78, 5) is 2.63. The number of rotatable bonds is 5. The number of likely N-dealkylation sites (tertiary alicyclic amines) is 1. The quantitative estimate of drug-likeness (QED) is 0.877. The fraction of sp³-hybridized carbons (Fsp3) is 0.700. The molecular formula is C20H30N2O. The van der Waals surface area contributed by atoms with Gasteiger partial charge in [-0.1, -0.05) is 43.2 Å². The Labute approximate surface area is 140 Å². The van der Waals surface area contributed by atoms with E-state index in [0.717, 1.165) is 37.8 Å². The lowest BCUT2D eigenvalue weighted by molar-refractivity contribution is 0.0432. The van der Waals surface area contributed by atoms with Crippen molar-refractivity contribution in [3.63, 3.8) is 0 Å². The number of nitrogens with zero attached hydrogens (tertiary/aromatic N) is 1. The zero-order valence-electron chi connectivity index (χ0n) is 14.1. The van der Waals surface area contributed by atoms with Crippen LogP contribution in [0.1, 0.15) is 44.1 Å².